The van der Waals surface area contributed by atoms with Gasteiger partial charge in [-0.1, -0.05) is 12.1 Å². The van der Waals surface area contributed by atoms with E-state index in [4.69, 9.17) is 4.74 Å². The molecule has 1 aromatic carbocycles. The molecule has 1 aliphatic carbocycles. The predicted octanol–water partition coefficient (Wildman–Crippen LogP) is 4.26. The molecule has 0 bridgehead atoms. The van der Waals surface area contributed by atoms with Crippen molar-refractivity contribution in [3.05, 3.63) is 47.4 Å². The number of nitrogens with one attached hydrogen (secondary N) is 1. The van der Waals surface area contributed by atoms with Crippen LogP contribution in [0.2, 0.25) is 0 Å². The highest BCUT2D eigenvalue weighted by Crippen LogP contribution is 2.47. The van der Waals surface area contributed by atoms with Crippen molar-refractivity contribution in [2.45, 2.75) is 70.2 Å². The summed E-state index contributed by atoms with van der Waals surface area (Å²) in [5.74, 6) is 0.941. The molecule has 3 aliphatic rings. The molecular weight excluding hydrogens is 449 g/mol. The second kappa shape index (κ2) is 9.02. The first-order valence-corrected chi connectivity index (χ1v) is 12.4. The van der Waals surface area contributed by atoms with Gasteiger partial charge in [0.2, 0.25) is 5.95 Å². The minimum Gasteiger partial charge on any atom is -0.447 e. The lowest BCUT2D eigenvalue weighted by atomic mass is 9.93. The van der Waals surface area contributed by atoms with Crippen LogP contribution in [0.4, 0.5) is 21.0 Å². The Kier molecular flexibility index (Phi) is 6.17. The lowest BCUT2D eigenvalue weighted by Gasteiger charge is -2.35. The van der Waals surface area contributed by atoms with Crippen molar-refractivity contribution in [3.63, 3.8) is 0 Å². The maximum absolute atomic E-state index is 15.0. The van der Waals surface area contributed by atoms with E-state index in [1.54, 1.807) is 29.3 Å². The van der Waals surface area contributed by atoms with Gasteiger partial charge in [-0.05, 0) is 70.1 Å². The molecule has 3 fully saturated rings. The molecule has 2 aromatic rings. The number of carbonyl (C=O) groups is 1. The van der Waals surface area contributed by atoms with Gasteiger partial charge in [-0.15, -0.1) is 0 Å². The van der Waals surface area contributed by atoms with Crippen LogP contribution in [0.25, 0.3) is 0 Å². The largest absolute Gasteiger partial charge is 0.447 e. The van der Waals surface area contributed by atoms with Crippen LogP contribution in [-0.2, 0) is 11.3 Å². The zero-order chi connectivity index (χ0) is 24.8. The molecule has 0 spiro atoms. The van der Waals surface area contributed by atoms with Crippen LogP contribution >= 0.6 is 0 Å². The second-order valence-electron chi connectivity index (χ2n) is 10.8. The Bertz CT molecular complexity index is 1100. The third-order valence-corrected chi connectivity index (χ3v) is 7.72. The number of piperidine rings is 1. The molecule has 188 valence electrons. The molecule has 5 rings (SSSR count). The Morgan fingerprint density at radius 3 is 2.69 bits per heavy atom. The van der Waals surface area contributed by atoms with Crippen molar-refractivity contribution in [2.75, 3.05) is 29.9 Å². The maximum atomic E-state index is 15.0. The number of cyclic esters (lactones) is 1. The van der Waals surface area contributed by atoms with E-state index < -0.39 is 17.2 Å². The topological polar surface area (TPSA) is 90.8 Å². The molecule has 2 saturated heterocycles. The van der Waals surface area contributed by atoms with Crippen LogP contribution in [-0.4, -0.2) is 56.9 Å². The highest BCUT2D eigenvalue weighted by molar-refractivity contribution is 5.90. The maximum Gasteiger partial charge on any atom is 0.416 e. The first kappa shape index (κ1) is 23.9. The zero-order valence-electron chi connectivity index (χ0n) is 20.6. The Morgan fingerprint density at radius 1 is 1.26 bits per heavy atom. The highest BCUT2D eigenvalue weighted by Gasteiger charge is 2.54. The number of hydrogen-bond donors (Lipinski definition) is 2. The Balaban J connectivity index is 1.26. The van der Waals surface area contributed by atoms with E-state index in [1.807, 2.05) is 26.8 Å². The van der Waals surface area contributed by atoms with Gasteiger partial charge in [0.15, 0.2) is 0 Å². The molecule has 0 unspecified atom stereocenters. The summed E-state index contributed by atoms with van der Waals surface area (Å²) in [6, 6.07) is 6.66. The van der Waals surface area contributed by atoms with Crippen molar-refractivity contribution < 1.29 is 19.0 Å². The van der Waals surface area contributed by atoms with Gasteiger partial charge in [0.1, 0.15) is 18.2 Å². The predicted molar refractivity (Wildman–Crippen MR) is 131 cm³/mol. The second-order valence-corrected chi connectivity index (χ2v) is 10.8. The van der Waals surface area contributed by atoms with E-state index in [9.17, 15) is 9.90 Å². The van der Waals surface area contributed by atoms with Gasteiger partial charge in [0, 0.05) is 31.4 Å². The first-order chi connectivity index (χ1) is 16.6. The van der Waals surface area contributed by atoms with Crippen LogP contribution < -0.4 is 10.2 Å². The average molecular weight is 484 g/mol. The van der Waals surface area contributed by atoms with Crippen LogP contribution in [0.1, 0.15) is 63.6 Å². The monoisotopic (exact) mass is 483 g/mol. The Hall–Kier alpha value is -2.78. The summed E-state index contributed by atoms with van der Waals surface area (Å²) in [5.41, 5.74) is 0.427. The van der Waals surface area contributed by atoms with Gasteiger partial charge in [0.05, 0.1) is 17.2 Å². The van der Waals surface area contributed by atoms with E-state index >= 15 is 4.39 Å². The van der Waals surface area contributed by atoms with Crippen LogP contribution in [0.5, 0.6) is 0 Å². The number of carbonyl (C=O) groups excluding carboxylic acids is 1. The van der Waals surface area contributed by atoms with Crippen molar-refractivity contribution in [2.24, 2.45) is 5.92 Å². The molecule has 1 amide bonds. The summed E-state index contributed by atoms with van der Waals surface area (Å²) in [5, 5.41) is 13.3. The van der Waals surface area contributed by atoms with Gasteiger partial charge >= 0.3 is 6.09 Å². The lowest BCUT2D eigenvalue weighted by Crippen LogP contribution is -2.47. The molecular formula is C26H34FN5O3. The summed E-state index contributed by atoms with van der Waals surface area (Å²) in [7, 11) is 0. The highest BCUT2D eigenvalue weighted by atomic mass is 19.1. The molecule has 35 heavy (non-hydrogen) atoms. The fourth-order valence-electron chi connectivity index (χ4n) is 5.19. The Labute approximate surface area is 205 Å². The SMILES string of the molecule is C[C@H](Nc1nccc(N2C(=O)OC[C@]2(C)C2CC2)n1)c1ccc(CN2CCC(C)(O)CC2)cc1F. The fourth-order valence-corrected chi connectivity index (χ4v) is 5.19. The molecule has 3 heterocycles. The number of benzene rings is 1. The quantitative estimate of drug-likeness (QED) is 0.608. The number of hydrogen-bond acceptors (Lipinski definition) is 7. The number of rotatable bonds is 7. The minimum atomic E-state index is -0.600. The van der Waals surface area contributed by atoms with Crippen molar-refractivity contribution in [1.82, 2.24) is 14.9 Å². The van der Waals surface area contributed by atoms with Crippen molar-refractivity contribution >= 4 is 17.9 Å². The molecule has 1 saturated carbocycles. The van der Waals surface area contributed by atoms with Gasteiger partial charge in [-0.2, -0.15) is 4.98 Å². The fraction of sp³-hybridized carbons (Fsp3) is 0.577. The van der Waals surface area contributed by atoms with E-state index in [0.29, 0.717) is 36.4 Å². The van der Waals surface area contributed by atoms with Crippen LogP contribution in [0, 0.1) is 11.7 Å². The summed E-state index contributed by atoms with van der Waals surface area (Å²) in [4.78, 5) is 25.2. The number of likely N-dealkylation sites (tertiary alicyclic amines) is 1. The van der Waals surface area contributed by atoms with E-state index in [1.165, 1.54) is 0 Å². The number of ether oxygens (including phenoxy) is 1. The lowest BCUT2D eigenvalue weighted by molar-refractivity contribution is -0.00732. The third kappa shape index (κ3) is 4.97. The van der Waals surface area contributed by atoms with Crippen LogP contribution in [0.15, 0.2) is 30.5 Å². The zero-order valence-corrected chi connectivity index (χ0v) is 20.6. The molecule has 8 nitrogen and oxygen atoms in total. The molecule has 2 aliphatic heterocycles. The van der Waals surface area contributed by atoms with Crippen molar-refractivity contribution in [1.29, 1.82) is 0 Å². The molecule has 2 N–H and O–H groups in total. The van der Waals surface area contributed by atoms with Gasteiger partial charge in [-0.3, -0.25) is 9.80 Å². The van der Waals surface area contributed by atoms with Crippen LogP contribution in [0.3, 0.4) is 0 Å². The molecule has 2 atom stereocenters. The van der Waals surface area contributed by atoms with E-state index in [0.717, 1.165) is 44.3 Å². The molecule has 1 aromatic heterocycles. The summed E-state index contributed by atoms with van der Waals surface area (Å²) in [6.45, 7) is 8.38. The number of aromatic nitrogens is 2. The Morgan fingerprint density at radius 2 is 2.00 bits per heavy atom. The molecule has 0 radical (unpaired) electrons. The molecule has 9 heteroatoms. The third-order valence-electron chi connectivity index (χ3n) is 7.72. The van der Waals surface area contributed by atoms with Crippen molar-refractivity contribution in [3.8, 4) is 0 Å². The number of nitrogens with zero attached hydrogens (tertiary/aromatic N) is 4. The summed E-state index contributed by atoms with van der Waals surface area (Å²) < 4.78 is 20.4. The summed E-state index contributed by atoms with van der Waals surface area (Å²) in [6.07, 6.45) is 4.81. The standard InChI is InChI=1S/C26H34FN5O3/c1-17(20-7-4-18(14-21(20)27)15-31-12-9-25(2,34)10-13-31)29-23-28-11-8-22(30-23)32-24(33)35-16-26(32,3)19-5-6-19/h4,7-8,11,14,17,19,34H,5-6,9-10,12-13,15-16H2,1-3H3,(H,28,29,30)/t17-,26+/m0/s1. The normalized spacial score (nSPS) is 25.4. The minimum absolute atomic E-state index is 0.285. The number of anilines is 2. The van der Waals surface area contributed by atoms with Gasteiger partial charge < -0.3 is 15.2 Å². The smallest absolute Gasteiger partial charge is 0.416 e. The summed E-state index contributed by atoms with van der Waals surface area (Å²) >= 11 is 0. The van der Waals surface area contributed by atoms with E-state index in [2.05, 4.69) is 20.2 Å². The van der Waals surface area contributed by atoms with E-state index in [-0.39, 0.29) is 11.9 Å². The number of halogens is 1. The van der Waals surface area contributed by atoms with Gasteiger partial charge in [-0.25, -0.2) is 14.2 Å². The number of aliphatic hydroxyl groups is 1. The first-order valence-electron chi connectivity index (χ1n) is 12.4. The average Bonchev–Trinajstić information content (AvgIpc) is 3.61. The van der Waals surface area contributed by atoms with Gasteiger partial charge in [0.25, 0.3) is 0 Å². The number of amides is 1.